The predicted octanol–water partition coefficient (Wildman–Crippen LogP) is 2.70. The molecule has 1 N–H and O–H groups in total. The molecule has 96 valence electrons. The lowest BCUT2D eigenvalue weighted by molar-refractivity contribution is -0.377. The molecule has 1 aromatic rings. The van der Waals surface area contributed by atoms with Gasteiger partial charge in [0.2, 0.25) is 0 Å². The van der Waals surface area contributed by atoms with Crippen LogP contribution in [0, 0.1) is 6.92 Å². The molecule has 0 aliphatic carbocycles. The molecule has 0 amide bonds. The van der Waals surface area contributed by atoms with Crippen molar-refractivity contribution in [1.82, 2.24) is 4.98 Å². The largest absolute Gasteiger partial charge is 0.432 e. The van der Waals surface area contributed by atoms with Crippen LogP contribution in [0.5, 0.6) is 0 Å². The molecular weight excluding hydrogens is 252 g/mol. The Kier molecular flexibility index (Phi) is 3.13. The lowest BCUT2D eigenvalue weighted by atomic mass is 9.94. The van der Waals surface area contributed by atoms with Crippen molar-refractivity contribution in [2.45, 2.75) is 24.9 Å². The van der Waals surface area contributed by atoms with Crippen LogP contribution in [0.15, 0.2) is 18.3 Å². The van der Waals surface area contributed by atoms with Gasteiger partial charge in [0.1, 0.15) is 0 Å². The Hall–Kier alpha value is -1.31. The zero-order valence-corrected chi connectivity index (χ0v) is 8.39. The third-order valence-electron chi connectivity index (χ3n) is 2.17. The lowest BCUT2D eigenvalue weighted by Gasteiger charge is -2.32. The Morgan fingerprint density at radius 3 is 1.88 bits per heavy atom. The van der Waals surface area contributed by atoms with E-state index in [9.17, 15) is 26.3 Å². The third kappa shape index (κ3) is 2.08. The lowest BCUT2D eigenvalue weighted by Crippen LogP contribution is -2.54. The number of nitrogens with zero attached hydrogens (tertiary/aromatic N) is 1. The molecule has 1 heterocycles. The maximum Gasteiger partial charge on any atom is 0.432 e. The molecule has 0 aliphatic heterocycles. The Morgan fingerprint density at radius 1 is 1.06 bits per heavy atom. The number of halogens is 6. The van der Waals surface area contributed by atoms with E-state index in [2.05, 4.69) is 4.98 Å². The number of aromatic nitrogens is 1. The standard InChI is InChI=1S/C9H7F6NO/c1-5-3-2-4-16-6(5)7(17,8(10,11)12)9(13,14)15/h2-4,17H,1H3. The van der Waals surface area contributed by atoms with Crippen molar-refractivity contribution in [1.29, 1.82) is 0 Å². The van der Waals surface area contributed by atoms with E-state index in [0.717, 1.165) is 19.2 Å². The van der Waals surface area contributed by atoms with Gasteiger partial charge in [-0.1, -0.05) is 6.07 Å². The second-order valence-corrected chi connectivity index (χ2v) is 3.37. The molecule has 0 radical (unpaired) electrons. The fourth-order valence-corrected chi connectivity index (χ4v) is 1.29. The zero-order valence-electron chi connectivity index (χ0n) is 8.39. The quantitative estimate of drug-likeness (QED) is 0.786. The Bertz CT molecular complexity index is 397. The number of pyridine rings is 1. The summed E-state index contributed by atoms with van der Waals surface area (Å²) >= 11 is 0. The molecule has 0 fully saturated rings. The maximum atomic E-state index is 12.5. The fourth-order valence-electron chi connectivity index (χ4n) is 1.29. The molecule has 17 heavy (non-hydrogen) atoms. The van der Waals surface area contributed by atoms with Crippen molar-refractivity contribution >= 4 is 0 Å². The van der Waals surface area contributed by atoms with Gasteiger partial charge in [-0.3, -0.25) is 4.98 Å². The number of aliphatic hydroxyl groups is 1. The Balaban J connectivity index is 3.53. The summed E-state index contributed by atoms with van der Waals surface area (Å²) in [6, 6.07) is 2.18. The monoisotopic (exact) mass is 259 g/mol. The van der Waals surface area contributed by atoms with Gasteiger partial charge in [-0.15, -0.1) is 0 Å². The smallest absolute Gasteiger partial charge is 0.368 e. The van der Waals surface area contributed by atoms with E-state index in [1.54, 1.807) is 0 Å². The maximum absolute atomic E-state index is 12.5. The van der Waals surface area contributed by atoms with Crippen LogP contribution in [-0.4, -0.2) is 22.4 Å². The van der Waals surface area contributed by atoms with Gasteiger partial charge < -0.3 is 5.11 Å². The number of aryl methyl sites for hydroxylation is 1. The number of alkyl halides is 6. The van der Waals surface area contributed by atoms with Crippen LogP contribution in [0.25, 0.3) is 0 Å². The first kappa shape index (κ1) is 13.8. The third-order valence-corrected chi connectivity index (χ3v) is 2.17. The van der Waals surface area contributed by atoms with Crippen LogP contribution in [0.3, 0.4) is 0 Å². The van der Waals surface area contributed by atoms with Crippen LogP contribution < -0.4 is 0 Å². The van der Waals surface area contributed by atoms with E-state index in [0.29, 0.717) is 0 Å². The highest BCUT2D eigenvalue weighted by molar-refractivity contribution is 5.27. The van der Waals surface area contributed by atoms with E-state index >= 15 is 0 Å². The second-order valence-electron chi connectivity index (χ2n) is 3.37. The molecule has 2 nitrogen and oxygen atoms in total. The minimum Gasteiger partial charge on any atom is -0.368 e. The van der Waals surface area contributed by atoms with E-state index in [-0.39, 0.29) is 0 Å². The first-order valence-electron chi connectivity index (χ1n) is 4.29. The summed E-state index contributed by atoms with van der Waals surface area (Å²) in [5.74, 6) is 0. The summed E-state index contributed by atoms with van der Waals surface area (Å²) in [7, 11) is 0. The Labute approximate surface area is 91.9 Å². The first-order chi connectivity index (χ1) is 7.52. The van der Waals surface area contributed by atoms with Crippen molar-refractivity contribution in [3.63, 3.8) is 0 Å². The number of hydrogen-bond acceptors (Lipinski definition) is 2. The average Bonchev–Trinajstić information content (AvgIpc) is 2.13. The van der Waals surface area contributed by atoms with Gasteiger partial charge in [-0.2, -0.15) is 26.3 Å². The summed E-state index contributed by atoms with van der Waals surface area (Å²) in [5.41, 5.74) is -6.81. The van der Waals surface area contributed by atoms with E-state index in [1.807, 2.05) is 0 Å². The molecule has 0 aliphatic rings. The predicted molar refractivity (Wildman–Crippen MR) is 45.0 cm³/mol. The highest BCUT2D eigenvalue weighted by Gasteiger charge is 2.72. The summed E-state index contributed by atoms with van der Waals surface area (Å²) in [6.07, 6.45) is -11.0. The molecule has 0 aromatic carbocycles. The molecule has 8 heteroatoms. The van der Waals surface area contributed by atoms with E-state index in [4.69, 9.17) is 5.11 Å². The highest BCUT2D eigenvalue weighted by atomic mass is 19.4. The fraction of sp³-hybridized carbons (Fsp3) is 0.444. The highest BCUT2D eigenvalue weighted by Crippen LogP contribution is 2.49. The van der Waals surface area contributed by atoms with Crippen molar-refractivity contribution in [2.75, 3.05) is 0 Å². The Morgan fingerprint density at radius 2 is 1.53 bits per heavy atom. The van der Waals surface area contributed by atoms with Gasteiger partial charge in [0.05, 0.1) is 5.69 Å². The summed E-state index contributed by atoms with van der Waals surface area (Å²) < 4.78 is 74.7. The van der Waals surface area contributed by atoms with Crippen LogP contribution in [-0.2, 0) is 5.60 Å². The first-order valence-corrected chi connectivity index (χ1v) is 4.29. The topological polar surface area (TPSA) is 33.1 Å². The van der Waals surface area contributed by atoms with Gasteiger partial charge in [0.15, 0.2) is 0 Å². The SMILES string of the molecule is Cc1cccnc1C(O)(C(F)(F)F)C(F)(F)F. The minimum atomic E-state index is -5.90. The van der Waals surface area contributed by atoms with Crippen LogP contribution in [0.2, 0.25) is 0 Å². The molecule has 0 spiro atoms. The summed E-state index contributed by atoms with van der Waals surface area (Å²) in [5, 5.41) is 9.02. The van der Waals surface area contributed by atoms with Gasteiger partial charge in [0, 0.05) is 6.20 Å². The average molecular weight is 259 g/mol. The van der Waals surface area contributed by atoms with E-state index < -0.39 is 29.2 Å². The molecule has 1 rings (SSSR count). The van der Waals surface area contributed by atoms with Gasteiger partial charge >= 0.3 is 12.4 Å². The molecular formula is C9H7F6NO. The van der Waals surface area contributed by atoms with Gasteiger partial charge in [0.25, 0.3) is 5.60 Å². The second kappa shape index (κ2) is 3.86. The van der Waals surface area contributed by atoms with Crippen molar-refractivity contribution in [3.05, 3.63) is 29.6 Å². The van der Waals surface area contributed by atoms with Crippen molar-refractivity contribution in [3.8, 4) is 0 Å². The van der Waals surface area contributed by atoms with E-state index in [1.165, 1.54) is 6.07 Å². The zero-order chi connectivity index (χ0) is 13.5. The molecule has 1 aromatic heterocycles. The normalized spacial score (nSPS) is 13.9. The number of rotatable bonds is 1. The summed E-state index contributed by atoms with van der Waals surface area (Å²) in [4.78, 5) is 2.99. The van der Waals surface area contributed by atoms with Gasteiger partial charge in [-0.05, 0) is 18.6 Å². The van der Waals surface area contributed by atoms with Crippen LogP contribution in [0.4, 0.5) is 26.3 Å². The van der Waals surface area contributed by atoms with Crippen LogP contribution in [0.1, 0.15) is 11.3 Å². The van der Waals surface area contributed by atoms with Crippen molar-refractivity contribution < 1.29 is 31.4 Å². The van der Waals surface area contributed by atoms with Gasteiger partial charge in [-0.25, -0.2) is 0 Å². The number of hydrogen-bond donors (Lipinski definition) is 1. The molecule has 0 unspecified atom stereocenters. The minimum absolute atomic E-state index is 0.398. The molecule has 0 bridgehead atoms. The van der Waals surface area contributed by atoms with Crippen LogP contribution >= 0.6 is 0 Å². The van der Waals surface area contributed by atoms with Crippen molar-refractivity contribution in [2.24, 2.45) is 0 Å². The molecule has 0 saturated carbocycles. The summed E-state index contributed by atoms with van der Waals surface area (Å²) in [6.45, 7) is 1.00. The molecule has 0 atom stereocenters. The molecule has 0 saturated heterocycles.